The second kappa shape index (κ2) is 6.91. The van der Waals surface area contributed by atoms with Gasteiger partial charge in [0.25, 0.3) is 0 Å². The first-order valence-electron chi connectivity index (χ1n) is 6.47. The van der Waals surface area contributed by atoms with E-state index in [0.717, 1.165) is 17.8 Å². The Morgan fingerprint density at radius 2 is 2.00 bits per heavy atom. The van der Waals surface area contributed by atoms with Crippen LogP contribution in [0.15, 0.2) is 29.4 Å². The first-order valence-corrected chi connectivity index (χ1v) is 7.46. The molecule has 1 N–H and O–H groups in total. The van der Waals surface area contributed by atoms with E-state index in [0.29, 0.717) is 0 Å². The number of hydrogen-bond acceptors (Lipinski definition) is 4. The lowest BCUT2D eigenvalue weighted by Gasteiger charge is -2.16. The van der Waals surface area contributed by atoms with Crippen LogP contribution in [-0.2, 0) is 5.75 Å². The van der Waals surface area contributed by atoms with Gasteiger partial charge in [-0.1, -0.05) is 0 Å². The number of carboxylic acid groups (broad SMARTS) is 1. The molecule has 0 atom stereocenters. The highest BCUT2D eigenvalue weighted by molar-refractivity contribution is 7.98. The predicted molar refractivity (Wildman–Crippen MR) is 81.4 cm³/mol. The summed E-state index contributed by atoms with van der Waals surface area (Å²) in [4.78, 5) is 16.2. The van der Waals surface area contributed by atoms with Crippen molar-refractivity contribution in [2.45, 2.75) is 10.8 Å². The van der Waals surface area contributed by atoms with Crippen LogP contribution in [0.3, 0.4) is 0 Å². The molecule has 0 amide bonds. The van der Waals surface area contributed by atoms with Gasteiger partial charge < -0.3 is 10.0 Å². The van der Waals surface area contributed by atoms with Crippen molar-refractivity contribution in [2.24, 2.45) is 0 Å². The first kappa shape index (κ1) is 17.1. The topological polar surface area (TPSA) is 53.4 Å². The normalized spacial score (nSPS) is 10.7. The molecular weight excluding hydrogens is 329 g/mol. The van der Waals surface area contributed by atoms with Crippen molar-refractivity contribution in [3.8, 4) is 0 Å². The average molecular weight is 342 g/mol. The summed E-state index contributed by atoms with van der Waals surface area (Å²) in [5.41, 5.74) is -0.735. The quantitative estimate of drug-likeness (QED) is 0.665. The van der Waals surface area contributed by atoms with Gasteiger partial charge in [-0.05, 0) is 12.1 Å². The maximum atomic E-state index is 14.1. The summed E-state index contributed by atoms with van der Waals surface area (Å²) < 4.78 is 42.0. The molecule has 0 spiro atoms. The molecule has 1 heterocycles. The minimum atomic E-state index is -1.28. The summed E-state index contributed by atoms with van der Waals surface area (Å²) in [7, 11) is 2.94. The van der Waals surface area contributed by atoms with Gasteiger partial charge in [-0.2, -0.15) is 0 Å². The van der Waals surface area contributed by atoms with Crippen LogP contribution in [0.1, 0.15) is 15.9 Å². The predicted octanol–water partition coefficient (Wildman–Crippen LogP) is 3.56. The third kappa shape index (κ3) is 3.58. The SMILES string of the molecule is CN(C)c1cc(F)c(CSc2ncccc2C(=O)O)c(F)c1F. The molecule has 2 aromatic rings. The number of carbonyl (C=O) groups is 1. The van der Waals surface area contributed by atoms with Gasteiger partial charge in [-0.3, -0.25) is 0 Å². The van der Waals surface area contributed by atoms with E-state index in [1.165, 1.54) is 37.3 Å². The third-order valence-electron chi connectivity index (χ3n) is 3.07. The van der Waals surface area contributed by atoms with Crippen molar-refractivity contribution in [3.63, 3.8) is 0 Å². The number of rotatable bonds is 5. The molecule has 0 aliphatic carbocycles. The number of hydrogen-bond donors (Lipinski definition) is 1. The molecule has 8 heteroatoms. The second-order valence-corrected chi connectivity index (χ2v) is 5.79. The fourth-order valence-electron chi connectivity index (χ4n) is 1.89. The van der Waals surface area contributed by atoms with Gasteiger partial charge in [-0.15, -0.1) is 11.8 Å². The summed E-state index contributed by atoms with van der Waals surface area (Å²) >= 11 is 0.828. The largest absolute Gasteiger partial charge is 0.478 e. The number of benzene rings is 1. The van der Waals surface area contributed by atoms with Gasteiger partial charge in [0.05, 0.1) is 11.3 Å². The van der Waals surface area contributed by atoms with Crippen molar-refractivity contribution in [1.29, 1.82) is 0 Å². The molecule has 0 fully saturated rings. The van der Waals surface area contributed by atoms with Crippen LogP contribution in [0.2, 0.25) is 0 Å². The number of aromatic carboxylic acids is 1. The fraction of sp³-hybridized carbons (Fsp3) is 0.200. The van der Waals surface area contributed by atoms with Gasteiger partial charge in [-0.25, -0.2) is 22.9 Å². The van der Waals surface area contributed by atoms with E-state index in [1.54, 1.807) is 0 Å². The Kier molecular flexibility index (Phi) is 5.15. The molecule has 4 nitrogen and oxygen atoms in total. The van der Waals surface area contributed by atoms with Crippen LogP contribution in [0.5, 0.6) is 0 Å². The zero-order valence-corrected chi connectivity index (χ0v) is 13.1. The second-order valence-electron chi connectivity index (χ2n) is 4.83. The number of nitrogens with zero attached hydrogens (tertiary/aromatic N) is 2. The van der Waals surface area contributed by atoms with Crippen molar-refractivity contribution in [1.82, 2.24) is 4.98 Å². The van der Waals surface area contributed by atoms with Crippen molar-refractivity contribution in [2.75, 3.05) is 19.0 Å². The Morgan fingerprint density at radius 3 is 2.61 bits per heavy atom. The van der Waals surface area contributed by atoms with Crippen LogP contribution >= 0.6 is 11.8 Å². The van der Waals surface area contributed by atoms with Gasteiger partial charge in [0, 0.05) is 37.7 Å². The lowest BCUT2D eigenvalue weighted by molar-refractivity contribution is 0.0692. The van der Waals surface area contributed by atoms with Crippen LogP contribution < -0.4 is 4.90 Å². The molecule has 0 unspecified atom stereocenters. The molecule has 23 heavy (non-hydrogen) atoms. The number of aromatic nitrogens is 1. The van der Waals surface area contributed by atoms with Gasteiger partial charge in [0.1, 0.15) is 10.8 Å². The van der Waals surface area contributed by atoms with Crippen LogP contribution in [0.25, 0.3) is 0 Å². The van der Waals surface area contributed by atoms with E-state index >= 15 is 0 Å². The molecule has 1 aromatic carbocycles. The Bertz CT molecular complexity index is 754. The minimum absolute atomic E-state index is 0.0799. The molecule has 1 aromatic heterocycles. The Hall–Kier alpha value is -2.22. The summed E-state index contributed by atoms with van der Waals surface area (Å²) in [6.07, 6.45) is 1.37. The Labute approximate surface area is 135 Å². The molecule has 0 aliphatic heterocycles. The van der Waals surface area contributed by atoms with Crippen molar-refractivity contribution < 1.29 is 23.1 Å². The van der Waals surface area contributed by atoms with Crippen LogP contribution in [0, 0.1) is 17.5 Å². The summed E-state index contributed by atoms with van der Waals surface area (Å²) in [6.45, 7) is 0. The molecule has 122 valence electrons. The summed E-state index contributed by atoms with van der Waals surface area (Å²) in [5, 5.41) is 9.15. The van der Waals surface area contributed by atoms with Gasteiger partial charge in [0.2, 0.25) is 0 Å². The Morgan fingerprint density at radius 1 is 1.30 bits per heavy atom. The molecule has 0 saturated carbocycles. The van der Waals surface area contributed by atoms with E-state index < -0.39 is 29.0 Å². The summed E-state index contributed by atoms with van der Waals surface area (Å²) in [5.74, 6) is -4.80. The van der Waals surface area contributed by atoms with Crippen molar-refractivity contribution in [3.05, 3.63) is 53.0 Å². The highest BCUT2D eigenvalue weighted by Gasteiger charge is 2.21. The van der Waals surface area contributed by atoms with Gasteiger partial charge >= 0.3 is 5.97 Å². The van der Waals surface area contributed by atoms with E-state index in [-0.39, 0.29) is 22.0 Å². The summed E-state index contributed by atoms with van der Waals surface area (Å²) in [6, 6.07) is 3.69. The highest BCUT2D eigenvalue weighted by atomic mass is 32.2. The van der Waals surface area contributed by atoms with E-state index in [9.17, 15) is 18.0 Å². The number of carboxylic acids is 1. The maximum absolute atomic E-state index is 14.1. The smallest absolute Gasteiger partial charge is 0.338 e. The molecule has 2 rings (SSSR count). The zero-order chi connectivity index (χ0) is 17.1. The molecule has 0 bridgehead atoms. The third-order valence-corrected chi connectivity index (χ3v) is 4.10. The van der Waals surface area contributed by atoms with E-state index in [4.69, 9.17) is 5.11 Å². The fourth-order valence-corrected chi connectivity index (χ4v) is 2.88. The molecule has 0 aliphatic rings. The number of thioether (sulfide) groups is 1. The average Bonchev–Trinajstić information content (AvgIpc) is 2.50. The molecule has 0 saturated heterocycles. The number of pyridine rings is 1. The number of halogens is 3. The van der Waals surface area contributed by atoms with E-state index in [1.807, 2.05) is 0 Å². The van der Waals surface area contributed by atoms with Crippen LogP contribution in [0.4, 0.5) is 18.9 Å². The van der Waals surface area contributed by atoms with Gasteiger partial charge in [0.15, 0.2) is 11.6 Å². The van der Waals surface area contributed by atoms with Crippen molar-refractivity contribution >= 4 is 23.4 Å². The molecule has 0 radical (unpaired) electrons. The monoisotopic (exact) mass is 342 g/mol. The lowest BCUT2D eigenvalue weighted by atomic mass is 10.2. The standard InChI is InChI=1S/C15H13F3N2O2S/c1-20(2)11-6-10(16)9(12(17)13(11)18)7-23-14-8(15(21)22)4-3-5-19-14/h3-6H,7H2,1-2H3,(H,21,22). The highest BCUT2D eigenvalue weighted by Crippen LogP contribution is 2.31. The zero-order valence-electron chi connectivity index (χ0n) is 12.3. The van der Waals surface area contributed by atoms with Crippen LogP contribution in [-0.4, -0.2) is 30.2 Å². The minimum Gasteiger partial charge on any atom is -0.478 e. The number of anilines is 1. The first-order chi connectivity index (χ1) is 10.8. The maximum Gasteiger partial charge on any atom is 0.338 e. The Balaban J connectivity index is 2.32. The lowest BCUT2D eigenvalue weighted by Crippen LogP contribution is -2.13. The van der Waals surface area contributed by atoms with E-state index in [2.05, 4.69) is 4.98 Å². The molecular formula is C15H13F3N2O2S.